The van der Waals surface area contributed by atoms with E-state index >= 15 is 0 Å². The van der Waals surface area contributed by atoms with Crippen LogP contribution < -0.4 is 10.1 Å². The number of para-hydroxylation sites is 1. The third kappa shape index (κ3) is 4.04. The Balaban J connectivity index is 1.48. The van der Waals surface area contributed by atoms with Gasteiger partial charge < -0.3 is 14.6 Å². The molecule has 3 aromatic rings. The van der Waals surface area contributed by atoms with Crippen molar-refractivity contribution in [3.05, 3.63) is 60.0 Å². The largest absolute Gasteiger partial charge is 0.492 e. The van der Waals surface area contributed by atoms with Crippen LogP contribution in [0.3, 0.4) is 0 Å². The van der Waals surface area contributed by atoms with E-state index in [0.29, 0.717) is 35.2 Å². The summed E-state index contributed by atoms with van der Waals surface area (Å²) in [7, 11) is -2.13. The van der Waals surface area contributed by atoms with Crippen LogP contribution in [0.1, 0.15) is 29.1 Å². The number of nitrogens with one attached hydrogen (secondary N) is 1. The van der Waals surface area contributed by atoms with Crippen LogP contribution in [0.15, 0.2) is 57.9 Å². The molecule has 1 N–H and O–H groups in total. The molecule has 1 fully saturated rings. The maximum Gasteiger partial charge on any atom is 0.251 e. The van der Waals surface area contributed by atoms with Gasteiger partial charge in [-0.05, 0) is 31.2 Å². The van der Waals surface area contributed by atoms with Crippen LogP contribution in [-0.4, -0.2) is 55.5 Å². The normalized spacial score (nSPS) is 14.8. The number of sulfonamides is 1. The highest BCUT2D eigenvalue weighted by atomic mass is 32.2. The molecule has 2 heterocycles. The second-order valence-electron chi connectivity index (χ2n) is 7.01. The monoisotopic (exact) mass is 442 g/mol. The molecular weight excluding hydrogens is 420 g/mol. The number of carbonyl (C=O) groups excluding carboxylic acids is 1. The first-order valence-corrected chi connectivity index (χ1v) is 11.3. The van der Waals surface area contributed by atoms with Gasteiger partial charge in [-0.15, -0.1) is 0 Å². The minimum Gasteiger partial charge on any atom is -0.492 e. The van der Waals surface area contributed by atoms with Crippen LogP contribution in [0.4, 0.5) is 0 Å². The molecule has 31 heavy (non-hydrogen) atoms. The van der Waals surface area contributed by atoms with Crippen molar-refractivity contribution in [2.24, 2.45) is 0 Å². The third-order valence-electron chi connectivity index (χ3n) is 5.02. The molecule has 0 radical (unpaired) electrons. The molecule has 2 aromatic carbocycles. The van der Waals surface area contributed by atoms with E-state index in [0.717, 1.165) is 0 Å². The van der Waals surface area contributed by atoms with Gasteiger partial charge in [0.15, 0.2) is 0 Å². The highest BCUT2D eigenvalue weighted by Gasteiger charge is 2.41. The van der Waals surface area contributed by atoms with Gasteiger partial charge in [0.2, 0.25) is 21.7 Å². The van der Waals surface area contributed by atoms with E-state index in [-0.39, 0.29) is 29.8 Å². The van der Waals surface area contributed by atoms with Gasteiger partial charge in [-0.25, -0.2) is 8.42 Å². The molecule has 0 bridgehead atoms. The first-order valence-electron chi connectivity index (χ1n) is 9.82. The van der Waals surface area contributed by atoms with E-state index in [2.05, 4.69) is 15.5 Å². The Labute approximate surface area is 180 Å². The van der Waals surface area contributed by atoms with Crippen molar-refractivity contribution in [1.29, 1.82) is 0 Å². The Morgan fingerprint density at radius 3 is 2.74 bits per heavy atom. The fraction of sp³-hybridized carbons (Fsp3) is 0.286. The van der Waals surface area contributed by atoms with Crippen LogP contribution in [0, 0.1) is 0 Å². The zero-order chi connectivity index (χ0) is 22.0. The molecule has 9 nitrogen and oxygen atoms in total. The average Bonchev–Trinajstić information content (AvgIpc) is 3.22. The molecule has 1 aliphatic heterocycles. The Morgan fingerprint density at radius 2 is 2.00 bits per heavy atom. The summed E-state index contributed by atoms with van der Waals surface area (Å²) in [6.07, 6.45) is 0. The predicted molar refractivity (Wildman–Crippen MR) is 112 cm³/mol. The first kappa shape index (κ1) is 21.0. The van der Waals surface area contributed by atoms with Gasteiger partial charge in [-0.3, -0.25) is 4.79 Å². The van der Waals surface area contributed by atoms with E-state index < -0.39 is 10.0 Å². The summed E-state index contributed by atoms with van der Waals surface area (Å²) < 4.78 is 38.2. The van der Waals surface area contributed by atoms with Crippen LogP contribution >= 0.6 is 0 Å². The maximum absolute atomic E-state index is 13.0. The lowest BCUT2D eigenvalue weighted by atomic mass is 10.0. The summed E-state index contributed by atoms with van der Waals surface area (Å²) in [5.74, 6) is 0.647. The number of hydrogen-bond acceptors (Lipinski definition) is 7. The summed E-state index contributed by atoms with van der Waals surface area (Å²) >= 11 is 0. The molecule has 10 heteroatoms. The van der Waals surface area contributed by atoms with Crippen LogP contribution in [0.2, 0.25) is 0 Å². The van der Waals surface area contributed by atoms with Gasteiger partial charge in [0, 0.05) is 31.3 Å². The Kier molecular flexibility index (Phi) is 5.75. The highest BCUT2D eigenvalue weighted by molar-refractivity contribution is 7.89. The predicted octanol–water partition coefficient (Wildman–Crippen LogP) is 2.28. The standard InChI is InChI=1S/C21H22N4O5S/c1-3-29-17-9-4-5-10-18(17)31(27,28)25-12-16(13-25)21-23-19(24-30-21)14-7-6-8-15(11-14)20(26)22-2/h4-11,16H,3,12-13H2,1-2H3,(H,22,26). The molecule has 4 rings (SSSR count). The lowest BCUT2D eigenvalue weighted by Crippen LogP contribution is -2.48. The number of rotatable bonds is 7. The minimum absolute atomic E-state index is 0.146. The fourth-order valence-corrected chi connectivity index (χ4v) is 4.99. The molecule has 0 aliphatic carbocycles. The van der Waals surface area contributed by atoms with Crippen LogP contribution in [0.25, 0.3) is 11.4 Å². The molecule has 0 spiro atoms. The molecule has 162 valence electrons. The van der Waals surface area contributed by atoms with Crippen LogP contribution in [0.5, 0.6) is 5.75 Å². The van der Waals surface area contributed by atoms with E-state index in [4.69, 9.17) is 9.26 Å². The number of benzene rings is 2. The molecule has 0 unspecified atom stereocenters. The van der Waals surface area contributed by atoms with Crippen molar-refractivity contribution >= 4 is 15.9 Å². The highest BCUT2D eigenvalue weighted by Crippen LogP contribution is 2.35. The number of hydrogen-bond donors (Lipinski definition) is 1. The molecule has 1 saturated heterocycles. The van der Waals surface area contributed by atoms with E-state index in [1.165, 1.54) is 10.4 Å². The smallest absolute Gasteiger partial charge is 0.251 e. The summed E-state index contributed by atoms with van der Waals surface area (Å²) in [6.45, 7) is 2.66. The van der Waals surface area contributed by atoms with Crippen molar-refractivity contribution in [3.8, 4) is 17.1 Å². The summed E-state index contributed by atoms with van der Waals surface area (Å²) in [6, 6.07) is 13.5. The number of carbonyl (C=O) groups is 1. The van der Waals surface area contributed by atoms with E-state index in [9.17, 15) is 13.2 Å². The van der Waals surface area contributed by atoms with E-state index in [1.807, 2.05) is 0 Å². The fourth-order valence-electron chi connectivity index (χ4n) is 3.33. The summed E-state index contributed by atoms with van der Waals surface area (Å²) in [4.78, 5) is 16.4. The maximum atomic E-state index is 13.0. The SMILES string of the molecule is CCOc1ccccc1S(=O)(=O)N1CC(c2nc(-c3cccc(C(=O)NC)c3)no2)C1. The van der Waals surface area contributed by atoms with Gasteiger partial charge in [-0.2, -0.15) is 9.29 Å². The van der Waals surface area contributed by atoms with Crippen molar-refractivity contribution in [2.45, 2.75) is 17.7 Å². The van der Waals surface area contributed by atoms with Crippen molar-refractivity contribution in [1.82, 2.24) is 19.8 Å². The van der Waals surface area contributed by atoms with Gasteiger partial charge in [0.1, 0.15) is 10.6 Å². The lowest BCUT2D eigenvalue weighted by molar-refractivity contribution is 0.0963. The second-order valence-corrected chi connectivity index (χ2v) is 8.92. The Bertz CT molecular complexity index is 1200. The topological polar surface area (TPSA) is 115 Å². The third-order valence-corrected chi connectivity index (χ3v) is 6.89. The summed E-state index contributed by atoms with van der Waals surface area (Å²) in [5, 5.41) is 6.57. The Morgan fingerprint density at radius 1 is 1.23 bits per heavy atom. The number of amides is 1. The number of nitrogens with zero attached hydrogens (tertiary/aromatic N) is 3. The molecule has 1 amide bonds. The van der Waals surface area contributed by atoms with Crippen molar-refractivity contribution < 1.29 is 22.5 Å². The first-order chi connectivity index (χ1) is 14.9. The van der Waals surface area contributed by atoms with Crippen molar-refractivity contribution in [3.63, 3.8) is 0 Å². The van der Waals surface area contributed by atoms with Crippen molar-refractivity contribution in [2.75, 3.05) is 26.7 Å². The van der Waals surface area contributed by atoms with Gasteiger partial charge in [0.05, 0.1) is 12.5 Å². The zero-order valence-corrected chi connectivity index (χ0v) is 17.9. The zero-order valence-electron chi connectivity index (χ0n) is 17.1. The molecule has 0 saturated carbocycles. The van der Waals surface area contributed by atoms with E-state index in [1.54, 1.807) is 56.4 Å². The molecular formula is C21H22N4O5S. The molecule has 1 aromatic heterocycles. The van der Waals surface area contributed by atoms with Crippen LogP contribution in [-0.2, 0) is 10.0 Å². The average molecular weight is 442 g/mol. The van der Waals surface area contributed by atoms with Gasteiger partial charge in [0.25, 0.3) is 5.91 Å². The summed E-state index contributed by atoms with van der Waals surface area (Å²) in [5.41, 5.74) is 1.13. The second kappa shape index (κ2) is 8.48. The number of aromatic nitrogens is 2. The lowest BCUT2D eigenvalue weighted by Gasteiger charge is -2.36. The Hall–Kier alpha value is -3.24. The quantitative estimate of drug-likeness (QED) is 0.597. The van der Waals surface area contributed by atoms with Gasteiger partial charge >= 0.3 is 0 Å². The molecule has 0 atom stereocenters. The number of ether oxygens (including phenoxy) is 1. The molecule has 1 aliphatic rings. The minimum atomic E-state index is -3.69. The van der Waals surface area contributed by atoms with Gasteiger partial charge in [-0.1, -0.05) is 29.4 Å².